The van der Waals surface area contributed by atoms with Gasteiger partial charge in [-0.15, -0.1) is 0 Å². The van der Waals surface area contributed by atoms with Crippen molar-refractivity contribution >= 4 is 21.6 Å². The van der Waals surface area contributed by atoms with E-state index in [1.807, 2.05) is 51.1 Å². The third kappa shape index (κ3) is 4.30. The summed E-state index contributed by atoms with van der Waals surface area (Å²) in [5, 5.41) is 3.00. The fourth-order valence-electron chi connectivity index (χ4n) is 3.30. The molecule has 2 aromatic carbocycles. The molecule has 0 radical (unpaired) electrons. The van der Waals surface area contributed by atoms with Gasteiger partial charge in [-0.2, -0.15) is 0 Å². The molecule has 1 heterocycles. The highest BCUT2D eigenvalue weighted by molar-refractivity contribution is 7.92. The summed E-state index contributed by atoms with van der Waals surface area (Å²) in [5.41, 5.74) is 3.55. The summed E-state index contributed by atoms with van der Waals surface area (Å²) < 4.78 is 31.7. The number of ether oxygens (including phenoxy) is 1. The first-order chi connectivity index (χ1) is 13.2. The van der Waals surface area contributed by atoms with Crippen LogP contribution in [-0.2, 0) is 14.8 Å². The molecule has 0 aromatic heterocycles. The third-order valence-electron chi connectivity index (χ3n) is 4.88. The average Bonchev–Trinajstić information content (AvgIpc) is 2.65. The SMILES string of the molecule is CC[C@H](NC(=O)[C@H]1CN(S(C)(=O)=O)c2cc(C)ccc2O1)c1ccc(C)cc1. The smallest absolute Gasteiger partial charge is 0.263 e. The van der Waals surface area contributed by atoms with E-state index < -0.39 is 16.1 Å². The summed E-state index contributed by atoms with van der Waals surface area (Å²) in [5.74, 6) is 0.0677. The van der Waals surface area contributed by atoms with E-state index in [9.17, 15) is 13.2 Å². The first-order valence-electron chi connectivity index (χ1n) is 9.31. The number of rotatable bonds is 5. The number of fused-ring (bicyclic) bond motifs is 1. The largest absolute Gasteiger partial charge is 0.476 e. The highest BCUT2D eigenvalue weighted by Gasteiger charge is 2.35. The Balaban J connectivity index is 1.84. The van der Waals surface area contributed by atoms with Crippen molar-refractivity contribution in [3.8, 4) is 5.75 Å². The van der Waals surface area contributed by atoms with Crippen molar-refractivity contribution in [2.75, 3.05) is 17.1 Å². The second-order valence-electron chi connectivity index (χ2n) is 7.25. The van der Waals surface area contributed by atoms with Gasteiger partial charge in [-0.3, -0.25) is 9.10 Å². The Bertz CT molecular complexity index is 970. The molecule has 2 aromatic rings. The van der Waals surface area contributed by atoms with E-state index in [1.54, 1.807) is 12.1 Å². The number of benzene rings is 2. The van der Waals surface area contributed by atoms with Crippen LogP contribution < -0.4 is 14.4 Å². The number of carbonyl (C=O) groups excluding carboxylic acids is 1. The number of hydrogen-bond acceptors (Lipinski definition) is 4. The van der Waals surface area contributed by atoms with Crippen molar-refractivity contribution in [3.05, 3.63) is 59.2 Å². The van der Waals surface area contributed by atoms with Crippen molar-refractivity contribution in [3.63, 3.8) is 0 Å². The number of sulfonamides is 1. The van der Waals surface area contributed by atoms with Crippen LogP contribution in [0.25, 0.3) is 0 Å². The van der Waals surface area contributed by atoms with Crippen molar-refractivity contribution in [2.45, 2.75) is 39.3 Å². The lowest BCUT2D eigenvalue weighted by Crippen LogP contribution is -2.51. The van der Waals surface area contributed by atoms with E-state index in [2.05, 4.69) is 5.32 Å². The van der Waals surface area contributed by atoms with Crippen LogP contribution in [0.5, 0.6) is 5.75 Å². The number of carbonyl (C=O) groups is 1. The number of amides is 1. The third-order valence-corrected chi connectivity index (χ3v) is 6.03. The Morgan fingerprint density at radius 2 is 1.82 bits per heavy atom. The van der Waals surface area contributed by atoms with Crippen molar-refractivity contribution in [1.29, 1.82) is 0 Å². The highest BCUT2D eigenvalue weighted by atomic mass is 32.2. The Morgan fingerprint density at radius 3 is 2.43 bits per heavy atom. The van der Waals surface area contributed by atoms with Crippen LogP contribution in [0.4, 0.5) is 5.69 Å². The molecule has 0 unspecified atom stereocenters. The molecule has 2 atom stereocenters. The fourth-order valence-corrected chi connectivity index (χ4v) is 4.20. The summed E-state index contributed by atoms with van der Waals surface area (Å²) in [4.78, 5) is 12.9. The van der Waals surface area contributed by atoms with Gasteiger partial charge < -0.3 is 10.1 Å². The van der Waals surface area contributed by atoms with Crippen LogP contribution in [0.15, 0.2) is 42.5 Å². The molecule has 7 heteroatoms. The van der Waals surface area contributed by atoms with Gasteiger partial charge >= 0.3 is 0 Å². The van der Waals surface area contributed by atoms with Gasteiger partial charge in [0.15, 0.2) is 6.10 Å². The fraction of sp³-hybridized carbons (Fsp3) is 0.381. The van der Waals surface area contributed by atoms with E-state index in [0.29, 0.717) is 17.9 Å². The van der Waals surface area contributed by atoms with Crippen LogP contribution in [0.1, 0.15) is 36.1 Å². The van der Waals surface area contributed by atoms with E-state index in [1.165, 1.54) is 4.31 Å². The molecule has 1 aliphatic heterocycles. The Kier molecular flexibility index (Phi) is 5.65. The summed E-state index contributed by atoms with van der Waals surface area (Å²) >= 11 is 0. The van der Waals surface area contributed by atoms with E-state index in [-0.39, 0.29) is 18.5 Å². The number of nitrogens with one attached hydrogen (secondary N) is 1. The maximum Gasteiger partial charge on any atom is 0.263 e. The quantitative estimate of drug-likeness (QED) is 0.834. The topological polar surface area (TPSA) is 75.7 Å². The van der Waals surface area contributed by atoms with Crippen LogP contribution in [0.2, 0.25) is 0 Å². The highest BCUT2D eigenvalue weighted by Crippen LogP contribution is 2.36. The summed E-state index contributed by atoms with van der Waals surface area (Å²) in [6.07, 6.45) is 0.942. The minimum absolute atomic E-state index is 0.0501. The predicted octanol–water partition coefficient (Wildman–Crippen LogP) is 3.10. The molecular weight excluding hydrogens is 376 g/mol. The average molecular weight is 403 g/mol. The standard InChI is InChI=1S/C21H26N2O4S/c1-5-17(16-9-6-14(2)7-10-16)22-21(24)20-13-23(28(4,25)26)18-12-15(3)8-11-19(18)27-20/h6-12,17,20H,5,13H2,1-4H3,(H,22,24)/t17-,20+/m0/s1. The van der Waals surface area contributed by atoms with E-state index in [4.69, 9.17) is 4.74 Å². The maximum absolute atomic E-state index is 12.9. The van der Waals surface area contributed by atoms with Gasteiger partial charge in [-0.25, -0.2) is 8.42 Å². The molecule has 1 N–H and O–H groups in total. The summed E-state index contributed by atoms with van der Waals surface area (Å²) in [7, 11) is -3.54. The van der Waals surface area contributed by atoms with Crippen molar-refractivity contribution < 1.29 is 17.9 Å². The number of aryl methyl sites for hydroxylation is 2. The molecular formula is C21H26N2O4S. The minimum atomic E-state index is -3.54. The molecule has 0 aliphatic carbocycles. The van der Waals surface area contributed by atoms with Crippen LogP contribution >= 0.6 is 0 Å². The zero-order valence-corrected chi connectivity index (χ0v) is 17.4. The molecule has 1 amide bonds. The van der Waals surface area contributed by atoms with Crippen LogP contribution in [0.3, 0.4) is 0 Å². The lowest BCUT2D eigenvalue weighted by atomic mass is 10.0. The summed E-state index contributed by atoms with van der Waals surface area (Å²) in [6.45, 7) is 5.84. The van der Waals surface area contributed by atoms with Crippen LogP contribution in [-0.4, -0.2) is 33.2 Å². The minimum Gasteiger partial charge on any atom is -0.476 e. The molecule has 0 bridgehead atoms. The van der Waals surface area contributed by atoms with Crippen molar-refractivity contribution in [2.24, 2.45) is 0 Å². The van der Waals surface area contributed by atoms with Crippen LogP contribution in [0, 0.1) is 13.8 Å². The van der Waals surface area contributed by atoms with Crippen molar-refractivity contribution in [1.82, 2.24) is 5.32 Å². The predicted molar refractivity (Wildman–Crippen MR) is 110 cm³/mol. The lowest BCUT2D eigenvalue weighted by molar-refractivity contribution is -0.128. The molecule has 150 valence electrons. The molecule has 3 rings (SSSR count). The first kappa shape index (κ1) is 20.2. The zero-order chi connectivity index (χ0) is 20.5. The van der Waals surface area contributed by atoms with Gasteiger partial charge in [0.05, 0.1) is 24.5 Å². The number of nitrogens with zero attached hydrogens (tertiary/aromatic N) is 1. The molecule has 0 fully saturated rings. The normalized spacial score (nSPS) is 17.4. The molecule has 0 spiro atoms. The zero-order valence-electron chi connectivity index (χ0n) is 16.6. The van der Waals surface area contributed by atoms with Gasteiger partial charge in [-0.05, 0) is 43.5 Å². The molecule has 0 saturated carbocycles. The second-order valence-corrected chi connectivity index (χ2v) is 9.16. The van der Waals surface area contributed by atoms with Gasteiger partial charge in [0, 0.05) is 0 Å². The Labute approximate surface area is 166 Å². The Morgan fingerprint density at radius 1 is 1.18 bits per heavy atom. The van der Waals surface area contributed by atoms with E-state index >= 15 is 0 Å². The molecule has 1 aliphatic rings. The number of hydrogen-bond donors (Lipinski definition) is 1. The second kappa shape index (κ2) is 7.83. The van der Waals surface area contributed by atoms with E-state index in [0.717, 1.165) is 22.9 Å². The van der Waals surface area contributed by atoms with Gasteiger partial charge in [-0.1, -0.05) is 42.8 Å². The maximum atomic E-state index is 12.9. The van der Waals surface area contributed by atoms with Gasteiger partial charge in [0.2, 0.25) is 10.0 Å². The molecule has 0 saturated heterocycles. The van der Waals surface area contributed by atoms with Gasteiger partial charge in [0.1, 0.15) is 5.75 Å². The van der Waals surface area contributed by atoms with Gasteiger partial charge in [0.25, 0.3) is 5.91 Å². The summed E-state index contributed by atoms with van der Waals surface area (Å²) in [6, 6.07) is 13.1. The Hall–Kier alpha value is -2.54. The first-order valence-corrected chi connectivity index (χ1v) is 11.2. The lowest BCUT2D eigenvalue weighted by Gasteiger charge is -2.34. The monoisotopic (exact) mass is 402 g/mol. The molecule has 6 nitrogen and oxygen atoms in total. The number of anilines is 1. The molecule has 28 heavy (non-hydrogen) atoms.